The maximum atomic E-state index is 10.8. The van der Waals surface area contributed by atoms with Crippen LogP contribution < -0.4 is 5.32 Å². The quantitative estimate of drug-likeness (QED) is 0.612. The summed E-state index contributed by atoms with van der Waals surface area (Å²) < 4.78 is 4.82. The van der Waals surface area contributed by atoms with E-state index in [1.807, 2.05) is 0 Å². The summed E-state index contributed by atoms with van der Waals surface area (Å²) in [5.41, 5.74) is 0.319. The lowest BCUT2D eigenvalue weighted by Gasteiger charge is -1.88. The number of aromatic nitrogens is 1. The van der Waals surface area contributed by atoms with Gasteiger partial charge in [-0.1, -0.05) is 0 Å². The number of carbonyl (C=O) groups is 1. The Kier molecular flexibility index (Phi) is 1.71. The molecule has 54 valence electrons. The summed E-state index contributed by atoms with van der Waals surface area (Å²) in [7, 11) is 1.55. The Labute approximate surface area is 58.3 Å². The zero-order chi connectivity index (χ0) is 7.56. The van der Waals surface area contributed by atoms with Crippen LogP contribution in [0.5, 0.6) is 0 Å². The smallest absolute Gasteiger partial charge is 0.272 e. The Hall–Kier alpha value is -1.32. The summed E-state index contributed by atoms with van der Waals surface area (Å²) >= 11 is 0. The van der Waals surface area contributed by atoms with Crippen LogP contribution in [0.1, 0.15) is 16.4 Å². The van der Waals surface area contributed by atoms with E-state index in [-0.39, 0.29) is 5.91 Å². The van der Waals surface area contributed by atoms with Gasteiger partial charge in [0.1, 0.15) is 6.26 Å². The van der Waals surface area contributed by atoms with Crippen molar-refractivity contribution in [3.05, 3.63) is 17.8 Å². The van der Waals surface area contributed by atoms with Gasteiger partial charge in [0.2, 0.25) is 0 Å². The standard InChI is InChI=1S/C6H8N2O2/c1-4-8-5(3-10-4)6(9)7-2/h3H,1-2H3,(H,7,9). The molecule has 1 heterocycles. The Morgan fingerprint density at radius 1 is 1.80 bits per heavy atom. The van der Waals surface area contributed by atoms with E-state index in [2.05, 4.69) is 10.3 Å². The molecule has 0 aromatic carbocycles. The summed E-state index contributed by atoms with van der Waals surface area (Å²) in [5.74, 6) is 0.274. The van der Waals surface area contributed by atoms with Gasteiger partial charge in [-0.05, 0) is 0 Å². The van der Waals surface area contributed by atoms with Gasteiger partial charge < -0.3 is 9.73 Å². The van der Waals surface area contributed by atoms with Crippen LogP contribution in [0.2, 0.25) is 0 Å². The van der Waals surface area contributed by atoms with E-state index in [4.69, 9.17) is 4.42 Å². The number of aryl methyl sites for hydroxylation is 1. The average Bonchev–Trinajstić information content (AvgIpc) is 2.34. The molecule has 0 atom stereocenters. The maximum Gasteiger partial charge on any atom is 0.272 e. The molecule has 4 nitrogen and oxygen atoms in total. The van der Waals surface area contributed by atoms with E-state index in [1.54, 1.807) is 14.0 Å². The highest BCUT2D eigenvalue weighted by Gasteiger charge is 2.06. The summed E-state index contributed by atoms with van der Waals surface area (Å²) in [6.45, 7) is 1.69. The van der Waals surface area contributed by atoms with Crippen LogP contribution in [0.25, 0.3) is 0 Å². The number of nitrogens with one attached hydrogen (secondary N) is 1. The van der Waals surface area contributed by atoms with Gasteiger partial charge in [0.05, 0.1) is 0 Å². The van der Waals surface area contributed by atoms with Gasteiger partial charge in [0.25, 0.3) is 5.91 Å². The van der Waals surface area contributed by atoms with Crippen molar-refractivity contribution < 1.29 is 9.21 Å². The number of oxazole rings is 1. The van der Waals surface area contributed by atoms with Crippen molar-refractivity contribution >= 4 is 5.91 Å². The molecular formula is C6H8N2O2. The minimum Gasteiger partial charge on any atom is -0.448 e. The van der Waals surface area contributed by atoms with E-state index >= 15 is 0 Å². The predicted octanol–water partition coefficient (Wildman–Crippen LogP) is 0.343. The van der Waals surface area contributed by atoms with Gasteiger partial charge in [0, 0.05) is 14.0 Å². The molecule has 0 radical (unpaired) electrons. The molecule has 0 saturated carbocycles. The fourth-order valence-corrected chi connectivity index (χ4v) is 0.596. The molecule has 0 aliphatic rings. The molecule has 0 bridgehead atoms. The highest BCUT2D eigenvalue weighted by atomic mass is 16.3. The first-order valence-electron chi connectivity index (χ1n) is 2.88. The van der Waals surface area contributed by atoms with Crippen molar-refractivity contribution in [2.75, 3.05) is 7.05 Å². The first-order chi connectivity index (χ1) is 4.74. The number of nitrogens with zero attached hydrogens (tertiary/aromatic N) is 1. The van der Waals surface area contributed by atoms with Crippen LogP contribution >= 0.6 is 0 Å². The van der Waals surface area contributed by atoms with Crippen LogP contribution in [0.15, 0.2) is 10.7 Å². The lowest BCUT2D eigenvalue weighted by Crippen LogP contribution is -2.17. The molecule has 0 spiro atoms. The summed E-state index contributed by atoms with van der Waals surface area (Å²) in [6, 6.07) is 0. The van der Waals surface area contributed by atoms with Crippen molar-refractivity contribution in [3.63, 3.8) is 0 Å². The molecule has 1 aromatic heterocycles. The Morgan fingerprint density at radius 2 is 2.50 bits per heavy atom. The van der Waals surface area contributed by atoms with Crippen LogP contribution in [0.4, 0.5) is 0 Å². The van der Waals surface area contributed by atoms with E-state index in [0.29, 0.717) is 11.6 Å². The van der Waals surface area contributed by atoms with Crippen molar-refractivity contribution in [3.8, 4) is 0 Å². The van der Waals surface area contributed by atoms with Crippen LogP contribution in [-0.2, 0) is 0 Å². The summed E-state index contributed by atoms with van der Waals surface area (Å²) in [6.07, 6.45) is 1.33. The summed E-state index contributed by atoms with van der Waals surface area (Å²) in [4.78, 5) is 14.6. The predicted molar refractivity (Wildman–Crippen MR) is 34.6 cm³/mol. The van der Waals surface area contributed by atoms with Crippen LogP contribution in [-0.4, -0.2) is 17.9 Å². The molecule has 4 heteroatoms. The van der Waals surface area contributed by atoms with Crippen molar-refractivity contribution in [1.29, 1.82) is 0 Å². The van der Waals surface area contributed by atoms with Crippen molar-refractivity contribution in [2.45, 2.75) is 6.92 Å². The average molecular weight is 140 g/mol. The normalized spacial score (nSPS) is 9.40. The van der Waals surface area contributed by atoms with Crippen LogP contribution in [0.3, 0.4) is 0 Å². The lowest BCUT2D eigenvalue weighted by molar-refractivity contribution is 0.0958. The number of amides is 1. The lowest BCUT2D eigenvalue weighted by atomic mass is 10.5. The second kappa shape index (κ2) is 2.51. The fraction of sp³-hybridized carbons (Fsp3) is 0.333. The first kappa shape index (κ1) is 6.80. The van der Waals surface area contributed by atoms with E-state index in [0.717, 1.165) is 0 Å². The Balaban J connectivity index is 2.85. The molecule has 1 N–H and O–H groups in total. The number of rotatable bonds is 1. The summed E-state index contributed by atoms with van der Waals surface area (Å²) in [5, 5.41) is 2.43. The number of carbonyl (C=O) groups excluding carboxylic acids is 1. The molecule has 1 amide bonds. The third-order valence-corrected chi connectivity index (χ3v) is 1.08. The highest BCUT2D eigenvalue weighted by Crippen LogP contribution is 1.98. The number of hydrogen-bond acceptors (Lipinski definition) is 3. The second-order valence-corrected chi connectivity index (χ2v) is 1.83. The van der Waals surface area contributed by atoms with Gasteiger partial charge in [-0.25, -0.2) is 4.98 Å². The monoisotopic (exact) mass is 140 g/mol. The van der Waals surface area contributed by atoms with Gasteiger partial charge in [-0.2, -0.15) is 0 Å². The molecule has 0 aliphatic heterocycles. The zero-order valence-electron chi connectivity index (χ0n) is 5.84. The van der Waals surface area contributed by atoms with Gasteiger partial charge in [-0.15, -0.1) is 0 Å². The fourth-order valence-electron chi connectivity index (χ4n) is 0.596. The van der Waals surface area contributed by atoms with Crippen LogP contribution in [0, 0.1) is 6.92 Å². The van der Waals surface area contributed by atoms with Gasteiger partial charge in [0.15, 0.2) is 11.6 Å². The minimum atomic E-state index is -0.225. The van der Waals surface area contributed by atoms with E-state index in [1.165, 1.54) is 6.26 Å². The molecule has 0 saturated heterocycles. The third kappa shape index (κ3) is 1.15. The van der Waals surface area contributed by atoms with Crippen molar-refractivity contribution in [1.82, 2.24) is 10.3 Å². The van der Waals surface area contributed by atoms with E-state index < -0.39 is 0 Å². The van der Waals surface area contributed by atoms with E-state index in [9.17, 15) is 4.79 Å². The molecule has 0 fully saturated rings. The minimum absolute atomic E-state index is 0.225. The largest absolute Gasteiger partial charge is 0.448 e. The number of hydrogen-bond donors (Lipinski definition) is 1. The van der Waals surface area contributed by atoms with Gasteiger partial charge in [-0.3, -0.25) is 4.79 Å². The Bertz CT molecular complexity index is 242. The van der Waals surface area contributed by atoms with Gasteiger partial charge >= 0.3 is 0 Å². The molecule has 1 rings (SSSR count). The molecular weight excluding hydrogens is 132 g/mol. The second-order valence-electron chi connectivity index (χ2n) is 1.83. The highest BCUT2D eigenvalue weighted by molar-refractivity contribution is 5.91. The maximum absolute atomic E-state index is 10.8. The first-order valence-corrected chi connectivity index (χ1v) is 2.88. The van der Waals surface area contributed by atoms with Crippen molar-refractivity contribution in [2.24, 2.45) is 0 Å². The Morgan fingerprint density at radius 3 is 2.90 bits per heavy atom. The molecule has 0 aliphatic carbocycles. The zero-order valence-corrected chi connectivity index (χ0v) is 5.84. The molecule has 0 unspecified atom stereocenters. The SMILES string of the molecule is CNC(=O)c1coc(C)n1. The molecule has 1 aromatic rings. The molecule has 10 heavy (non-hydrogen) atoms. The third-order valence-electron chi connectivity index (χ3n) is 1.08. The topological polar surface area (TPSA) is 55.1 Å².